The Morgan fingerprint density at radius 3 is 2.40 bits per heavy atom. The summed E-state index contributed by atoms with van der Waals surface area (Å²) in [5.74, 6) is 0.812. The van der Waals surface area contributed by atoms with E-state index in [1.807, 2.05) is 26.0 Å². The molecule has 0 saturated carbocycles. The number of nitrogens with one attached hydrogen (secondary N) is 1. The number of nitrogens with zero attached hydrogens (tertiary/aromatic N) is 1. The number of hydrogen-bond donors (Lipinski definition) is 1. The Morgan fingerprint density at radius 2 is 1.85 bits per heavy atom. The summed E-state index contributed by atoms with van der Waals surface area (Å²) in [5.41, 5.74) is 2.10. The first-order chi connectivity index (χ1) is 9.54. The van der Waals surface area contributed by atoms with Gasteiger partial charge in [-0.3, -0.25) is 4.79 Å². The van der Waals surface area contributed by atoms with Crippen molar-refractivity contribution < 1.29 is 4.79 Å². The van der Waals surface area contributed by atoms with Crippen molar-refractivity contribution >= 4 is 5.91 Å². The molecule has 0 bridgehead atoms. The van der Waals surface area contributed by atoms with Crippen LogP contribution >= 0.6 is 0 Å². The molecule has 3 heteroatoms. The van der Waals surface area contributed by atoms with Crippen molar-refractivity contribution in [2.45, 2.75) is 39.2 Å². The van der Waals surface area contributed by atoms with Crippen molar-refractivity contribution in [3.8, 4) is 0 Å². The van der Waals surface area contributed by atoms with Gasteiger partial charge in [-0.1, -0.05) is 12.1 Å². The third-order valence-corrected chi connectivity index (χ3v) is 4.00. The van der Waals surface area contributed by atoms with E-state index in [9.17, 15) is 4.79 Å². The molecule has 0 unspecified atom stereocenters. The van der Waals surface area contributed by atoms with Crippen molar-refractivity contribution in [3.63, 3.8) is 0 Å². The lowest BCUT2D eigenvalue weighted by Gasteiger charge is -2.28. The molecule has 1 saturated heterocycles. The fourth-order valence-electron chi connectivity index (χ4n) is 2.74. The second kappa shape index (κ2) is 6.89. The normalized spacial score (nSPS) is 17.4. The zero-order valence-corrected chi connectivity index (χ0v) is 12.9. The predicted octanol–water partition coefficient (Wildman–Crippen LogP) is 2.71. The van der Waals surface area contributed by atoms with Gasteiger partial charge in [0, 0.05) is 11.6 Å². The number of piperidine rings is 1. The number of hydrogen-bond acceptors (Lipinski definition) is 2. The maximum Gasteiger partial charge on any atom is 0.251 e. The van der Waals surface area contributed by atoms with E-state index < -0.39 is 0 Å². The minimum absolute atomic E-state index is 0.0193. The number of carbonyl (C=O) groups is 1. The van der Waals surface area contributed by atoms with Crippen LogP contribution < -0.4 is 5.32 Å². The molecule has 2 rings (SSSR count). The highest BCUT2D eigenvalue weighted by atomic mass is 16.1. The second-order valence-electron chi connectivity index (χ2n) is 6.28. The van der Waals surface area contributed by atoms with Gasteiger partial charge in [-0.2, -0.15) is 0 Å². The van der Waals surface area contributed by atoms with Crippen molar-refractivity contribution in [3.05, 3.63) is 35.4 Å². The smallest absolute Gasteiger partial charge is 0.251 e. The highest BCUT2D eigenvalue weighted by Gasteiger charge is 2.17. The Morgan fingerprint density at radius 1 is 1.25 bits per heavy atom. The van der Waals surface area contributed by atoms with Crippen LogP contribution in [0.25, 0.3) is 0 Å². The first-order valence-electron chi connectivity index (χ1n) is 7.63. The van der Waals surface area contributed by atoms with Crippen LogP contribution in [0.5, 0.6) is 0 Å². The van der Waals surface area contributed by atoms with Gasteiger partial charge in [-0.15, -0.1) is 0 Å². The molecule has 0 radical (unpaired) electrons. The lowest BCUT2D eigenvalue weighted by molar-refractivity contribution is 0.0943. The van der Waals surface area contributed by atoms with Crippen LogP contribution in [0, 0.1) is 5.92 Å². The fraction of sp³-hybridized carbons (Fsp3) is 0.588. The molecule has 1 aliphatic rings. The van der Waals surface area contributed by atoms with E-state index in [1.54, 1.807) is 0 Å². The van der Waals surface area contributed by atoms with Gasteiger partial charge in [0.05, 0.1) is 0 Å². The summed E-state index contributed by atoms with van der Waals surface area (Å²) < 4.78 is 0. The predicted molar refractivity (Wildman–Crippen MR) is 83.0 cm³/mol. The first-order valence-corrected chi connectivity index (χ1v) is 7.63. The molecule has 110 valence electrons. The van der Waals surface area contributed by atoms with Gasteiger partial charge in [0.2, 0.25) is 0 Å². The van der Waals surface area contributed by atoms with E-state index in [2.05, 4.69) is 29.4 Å². The standard InChI is InChI=1S/C17H26N2O/c1-13(2)18-17(20)16-6-4-14(5-7-16)12-15-8-10-19(3)11-9-15/h4-7,13,15H,8-12H2,1-3H3,(H,18,20). The van der Waals surface area contributed by atoms with Crippen molar-refractivity contribution in [1.29, 1.82) is 0 Å². The monoisotopic (exact) mass is 274 g/mol. The van der Waals surface area contributed by atoms with Crippen LogP contribution in [-0.2, 0) is 6.42 Å². The largest absolute Gasteiger partial charge is 0.350 e. The van der Waals surface area contributed by atoms with E-state index in [4.69, 9.17) is 0 Å². The molecule has 0 spiro atoms. The number of carbonyl (C=O) groups excluding carboxylic acids is 1. The molecule has 1 aliphatic heterocycles. The van der Waals surface area contributed by atoms with Gasteiger partial charge in [0.1, 0.15) is 0 Å². The minimum Gasteiger partial charge on any atom is -0.350 e. The summed E-state index contributed by atoms with van der Waals surface area (Å²) in [6.45, 7) is 6.37. The summed E-state index contributed by atoms with van der Waals surface area (Å²) in [6.07, 6.45) is 3.71. The summed E-state index contributed by atoms with van der Waals surface area (Å²) >= 11 is 0. The van der Waals surface area contributed by atoms with Gasteiger partial charge in [0.25, 0.3) is 5.91 Å². The van der Waals surface area contributed by atoms with Crippen LogP contribution in [0.2, 0.25) is 0 Å². The Hall–Kier alpha value is -1.35. The maximum absolute atomic E-state index is 11.9. The zero-order valence-electron chi connectivity index (χ0n) is 12.9. The second-order valence-corrected chi connectivity index (χ2v) is 6.28. The molecule has 1 fully saturated rings. The van der Waals surface area contributed by atoms with Crippen LogP contribution in [0.15, 0.2) is 24.3 Å². The Bertz CT molecular complexity index is 431. The van der Waals surface area contributed by atoms with Gasteiger partial charge >= 0.3 is 0 Å². The van der Waals surface area contributed by atoms with E-state index in [-0.39, 0.29) is 11.9 Å². The molecule has 1 N–H and O–H groups in total. The maximum atomic E-state index is 11.9. The molecule has 0 aromatic heterocycles. The van der Waals surface area contributed by atoms with E-state index in [1.165, 1.54) is 31.5 Å². The van der Waals surface area contributed by atoms with E-state index in [0.29, 0.717) is 0 Å². The molecule has 1 amide bonds. The third kappa shape index (κ3) is 4.34. The van der Waals surface area contributed by atoms with Crippen LogP contribution in [0.1, 0.15) is 42.6 Å². The highest BCUT2D eigenvalue weighted by molar-refractivity contribution is 5.94. The average molecular weight is 274 g/mol. The summed E-state index contributed by atoms with van der Waals surface area (Å²) in [7, 11) is 2.19. The Kier molecular flexibility index (Phi) is 5.18. The molecule has 1 aromatic carbocycles. The van der Waals surface area contributed by atoms with Crippen LogP contribution in [0.4, 0.5) is 0 Å². The van der Waals surface area contributed by atoms with Gasteiger partial charge in [0.15, 0.2) is 0 Å². The number of amides is 1. The molecular formula is C17H26N2O. The SMILES string of the molecule is CC(C)NC(=O)c1ccc(CC2CCN(C)CC2)cc1. The molecule has 1 aromatic rings. The summed E-state index contributed by atoms with van der Waals surface area (Å²) in [5, 5.41) is 2.92. The quantitative estimate of drug-likeness (QED) is 0.915. The van der Waals surface area contributed by atoms with Crippen molar-refractivity contribution in [2.75, 3.05) is 20.1 Å². The Balaban J connectivity index is 1.90. The number of benzene rings is 1. The van der Waals surface area contributed by atoms with E-state index in [0.717, 1.165) is 17.9 Å². The third-order valence-electron chi connectivity index (χ3n) is 4.00. The zero-order chi connectivity index (χ0) is 14.5. The lowest BCUT2D eigenvalue weighted by Crippen LogP contribution is -2.31. The molecule has 20 heavy (non-hydrogen) atoms. The topological polar surface area (TPSA) is 32.3 Å². The van der Waals surface area contributed by atoms with Crippen molar-refractivity contribution in [1.82, 2.24) is 10.2 Å². The van der Waals surface area contributed by atoms with Gasteiger partial charge in [-0.25, -0.2) is 0 Å². The summed E-state index contributed by atoms with van der Waals surface area (Å²) in [4.78, 5) is 14.3. The molecule has 3 nitrogen and oxygen atoms in total. The minimum atomic E-state index is 0.0193. The summed E-state index contributed by atoms with van der Waals surface area (Å²) in [6, 6.07) is 8.28. The molecule has 0 atom stereocenters. The number of likely N-dealkylation sites (tertiary alicyclic amines) is 1. The van der Waals surface area contributed by atoms with E-state index >= 15 is 0 Å². The fourth-order valence-corrected chi connectivity index (χ4v) is 2.74. The average Bonchev–Trinajstić information content (AvgIpc) is 2.41. The van der Waals surface area contributed by atoms with Crippen LogP contribution in [0.3, 0.4) is 0 Å². The molecular weight excluding hydrogens is 248 g/mol. The lowest BCUT2D eigenvalue weighted by atomic mass is 9.90. The first kappa shape index (κ1) is 15.0. The van der Waals surface area contributed by atoms with Crippen molar-refractivity contribution in [2.24, 2.45) is 5.92 Å². The molecule has 1 heterocycles. The molecule has 0 aliphatic carbocycles. The van der Waals surface area contributed by atoms with Gasteiger partial charge in [-0.05, 0) is 76.9 Å². The number of rotatable bonds is 4. The van der Waals surface area contributed by atoms with Crippen LogP contribution in [-0.4, -0.2) is 37.0 Å². The van der Waals surface area contributed by atoms with Gasteiger partial charge < -0.3 is 10.2 Å². The highest BCUT2D eigenvalue weighted by Crippen LogP contribution is 2.21. The Labute approximate surface area is 122 Å².